The van der Waals surface area contributed by atoms with E-state index < -0.39 is 11.8 Å². The average Bonchev–Trinajstić information content (AvgIpc) is 2.74. The summed E-state index contributed by atoms with van der Waals surface area (Å²) in [6.07, 6.45) is 1.34. The highest BCUT2D eigenvalue weighted by molar-refractivity contribution is 6.35. The molecule has 2 rings (SSSR count). The van der Waals surface area contributed by atoms with Gasteiger partial charge in [0.2, 0.25) is 0 Å². The SMILES string of the molecule is CCNC(=O)C(=O)N/N=C\c1ccc(OCC(=O)Nc2ccccc2Cl)c(OC)c1. The zero-order chi connectivity index (χ0) is 21.9. The molecule has 3 N–H and O–H groups in total. The van der Waals surface area contributed by atoms with E-state index in [-0.39, 0.29) is 12.5 Å². The predicted molar refractivity (Wildman–Crippen MR) is 113 cm³/mol. The van der Waals surface area contributed by atoms with Gasteiger partial charge in [-0.05, 0) is 42.8 Å². The van der Waals surface area contributed by atoms with Crippen molar-refractivity contribution in [2.75, 3.05) is 25.6 Å². The van der Waals surface area contributed by atoms with Crippen LogP contribution in [0.4, 0.5) is 5.69 Å². The lowest BCUT2D eigenvalue weighted by atomic mass is 10.2. The molecule has 2 aromatic rings. The van der Waals surface area contributed by atoms with Crippen LogP contribution in [0.25, 0.3) is 0 Å². The van der Waals surface area contributed by atoms with Gasteiger partial charge in [0.1, 0.15) is 0 Å². The molecular weight excluding hydrogens is 412 g/mol. The molecule has 0 fully saturated rings. The molecule has 0 heterocycles. The number of carbonyl (C=O) groups is 3. The number of nitrogens with one attached hydrogen (secondary N) is 3. The van der Waals surface area contributed by atoms with Crippen molar-refractivity contribution in [3.05, 3.63) is 53.1 Å². The van der Waals surface area contributed by atoms with Gasteiger partial charge in [-0.3, -0.25) is 14.4 Å². The molecule has 3 amide bonds. The summed E-state index contributed by atoms with van der Waals surface area (Å²) in [5, 5.41) is 9.16. The minimum Gasteiger partial charge on any atom is -0.493 e. The van der Waals surface area contributed by atoms with Gasteiger partial charge >= 0.3 is 11.8 Å². The summed E-state index contributed by atoms with van der Waals surface area (Å²) in [5.74, 6) is -1.32. The van der Waals surface area contributed by atoms with Crippen molar-refractivity contribution in [2.45, 2.75) is 6.92 Å². The number of halogens is 1. The van der Waals surface area contributed by atoms with Gasteiger partial charge in [-0.15, -0.1) is 0 Å². The number of anilines is 1. The number of benzene rings is 2. The Morgan fingerprint density at radius 1 is 1.10 bits per heavy atom. The number of hydrogen-bond donors (Lipinski definition) is 3. The first-order valence-electron chi connectivity index (χ1n) is 8.91. The van der Waals surface area contributed by atoms with Crippen LogP contribution in [0.3, 0.4) is 0 Å². The molecule has 0 spiro atoms. The highest BCUT2D eigenvalue weighted by Crippen LogP contribution is 2.27. The molecule has 0 aliphatic heterocycles. The molecule has 0 aromatic heterocycles. The number of amides is 3. The van der Waals surface area contributed by atoms with Gasteiger partial charge in [0.25, 0.3) is 5.91 Å². The number of methoxy groups -OCH3 is 1. The second-order valence-corrected chi connectivity index (χ2v) is 6.19. The molecule has 158 valence electrons. The number of likely N-dealkylation sites (N-methyl/N-ethyl adjacent to an activating group) is 1. The monoisotopic (exact) mass is 432 g/mol. The van der Waals surface area contributed by atoms with E-state index in [0.29, 0.717) is 34.3 Å². The van der Waals surface area contributed by atoms with Gasteiger partial charge in [0, 0.05) is 6.54 Å². The molecule has 2 aromatic carbocycles. The van der Waals surface area contributed by atoms with Crippen molar-refractivity contribution in [1.29, 1.82) is 0 Å². The predicted octanol–water partition coefficient (Wildman–Crippen LogP) is 1.95. The van der Waals surface area contributed by atoms with Crippen molar-refractivity contribution in [3.8, 4) is 11.5 Å². The van der Waals surface area contributed by atoms with Crippen molar-refractivity contribution in [2.24, 2.45) is 5.10 Å². The third-order valence-electron chi connectivity index (χ3n) is 3.62. The number of nitrogens with zero attached hydrogens (tertiary/aromatic N) is 1. The fourth-order valence-electron chi connectivity index (χ4n) is 2.23. The first kappa shape index (κ1) is 22.7. The third kappa shape index (κ3) is 6.78. The standard InChI is InChI=1S/C20H21ClN4O5/c1-3-22-19(27)20(28)25-23-11-13-8-9-16(17(10-13)29-2)30-12-18(26)24-15-7-5-4-6-14(15)21/h4-11H,3,12H2,1-2H3,(H,22,27)(H,24,26)(H,25,28)/b23-11-. The summed E-state index contributed by atoms with van der Waals surface area (Å²) < 4.78 is 10.8. The molecule has 0 saturated heterocycles. The van der Waals surface area contributed by atoms with Crippen molar-refractivity contribution < 1.29 is 23.9 Å². The minimum absolute atomic E-state index is 0.252. The second-order valence-electron chi connectivity index (χ2n) is 5.79. The Balaban J connectivity index is 1.94. The largest absolute Gasteiger partial charge is 0.493 e. The summed E-state index contributed by atoms with van der Waals surface area (Å²) in [7, 11) is 1.45. The summed E-state index contributed by atoms with van der Waals surface area (Å²) >= 11 is 6.01. The molecule has 9 nitrogen and oxygen atoms in total. The van der Waals surface area contributed by atoms with Crippen LogP contribution in [-0.2, 0) is 14.4 Å². The smallest absolute Gasteiger partial charge is 0.329 e. The van der Waals surface area contributed by atoms with Crippen LogP contribution < -0.4 is 25.5 Å². The number of carbonyl (C=O) groups excluding carboxylic acids is 3. The van der Waals surface area contributed by atoms with E-state index in [4.69, 9.17) is 21.1 Å². The van der Waals surface area contributed by atoms with E-state index in [9.17, 15) is 14.4 Å². The molecule has 0 atom stereocenters. The molecule has 0 bridgehead atoms. The fourth-order valence-corrected chi connectivity index (χ4v) is 2.42. The van der Waals surface area contributed by atoms with Crippen molar-refractivity contribution >= 4 is 41.2 Å². The van der Waals surface area contributed by atoms with Crippen LogP contribution in [0, 0.1) is 0 Å². The van der Waals surface area contributed by atoms with E-state index in [0.717, 1.165) is 0 Å². The second kappa shape index (κ2) is 11.4. The lowest BCUT2D eigenvalue weighted by Gasteiger charge is -2.12. The maximum Gasteiger partial charge on any atom is 0.329 e. The van der Waals surface area contributed by atoms with E-state index in [1.807, 2.05) is 0 Å². The highest BCUT2D eigenvalue weighted by Gasteiger charge is 2.11. The zero-order valence-corrected chi connectivity index (χ0v) is 17.2. The normalized spacial score (nSPS) is 10.4. The van der Waals surface area contributed by atoms with Crippen LogP contribution in [0.5, 0.6) is 11.5 Å². The molecule has 30 heavy (non-hydrogen) atoms. The number of para-hydroxylation sites is 1. The maximum atomic E-state index is 12.1. The van der Waals surface area contributed by atoms with Crippen LogP contribution in [0.15, 0.2) is 47.6 Å². The molecule has 0 saturated carbocycles. The van der Waals surface area contributed by atoms with Crippen molar-refractivity contribution in [1.82, 2.24) is 10.7 Å². The van der Waals surface area contributed by atoms with E-state index in [1.54, 1.807) is 49.4 Å². The Morgan fingerprint density at radius 2 is 1.87 bits per heavy atom. The fraction of sp³-hybridized carbons (Fsp3) is 0.200. The molecule has 0 radical (unpaired) electrons. The first-order chi connectivity index (χ1) is 14.4. The van der Waals surface area contributed by atoms with Crippen molar-refractivity contribution in [3.63, 3.8) is 0 Å². The third-order valence-corrected chi connectivity index (χ3v) is 3.95. The minimum atomic E-state index is -0.871. The molecule has 0 unspecified atom stereocenters. The van der Waals surface area contributed by atoms with Crippen LogP contribution in [0.1, 0.15) is 12.5 Å². The Labute approximate surface area is 178 Å². The number of ether oxygens (including phenoxy) is 2. The maximum absolute atomic E-state index is 12.1. The lowest BCUT2D eigenvalue weighted by Crippen LogP contribution is -2.37. The van der Waals surface area contributed by atoms with Crippen LogP contribution in [-0.4, -0.2) is 44.2 Å². The summed E-state index contributed by atoms with van der Waals surface area (Å²) in [5.41, 5.74) is 3.18. The quantitative estimate of drug-likeness (QED) is 0.335. The number of hydrazone groups is 1. The molecule has 0 aliphatic rings. The average molecular weight is 433 g/mol. The van der Waals surface area contributed by atoms with Gasteiger partial charge in [0.05, 0.1) is 24.0 Å². The Morgan fingerprint density at radius 3 is 2.57 bits per heavy atom. The highest BCUT2D eigenvalue weighted by atomic mass is 35.5. The lowest BCUT2D eigenvalue weighted by molar-refractivity contribution is -0.139. The van der Waals surface area contributed by atoms with Crippen LogP contribution >= 0.6 is 11.6 Å². The Bertz CT molecular complexity index is 949. The van der Waals surface area contributed by atoms with Crippen LogP contribution in [0.2, 0.25) is 5.02 Å². The Kier molecular flexibility index (Phi) is 8.64. The topological polar surface area (TPSA) is 118 Å². The van der Waals surface area contributed by atoms with E-state index >= 15 is 0 Å². The number of hydrogen-bond acceptors (Lipinski definition) is 6. The van der Waals surface area contributed by atoms with E-state index in [1.165, 1.54) is 13.3 Å². The molecule has 10 heteroatoms. The Hall–Kier alpha value is -3.59. The molecule has 0 aliphatic carbocycles. The molecular formula is C20H21ClN4O5. The zero-order valence-electron chi connectivity index (χ0n) is 16.4. The first-order valence-corrected chi connectivity index (χ1v) is 9.28. The van der Waals surface area contributed by atoms with Gasteiger partial charge in [-0.25, -0.2) is 5.43 Å². The van der Waals surface area contributed by atoms with E-state index in [2.05, 4.69) is 21.2 Å². The summed E-state index contributed by atoms with van der Waals surface area (Å²) in [6, 6.07) is 11.7. The summed E-state index contributed by atoms with van der Waals surface area (Å²) in [6.45, 7) is 1.79. The van der Waals surface area contributed by atoms with Gasteiger partial charge in [-0.1, -0.05) is 23.7 Å². The van der Waals surface area contributed by atoms with Gasteiger partial charge in [0.15, 0.2) is 18.1 Å². The summed E-state index contributed by atoms with van der Waals surface area (Å²) in [4.78, 5) is 34.9. The van der Waals surface area contributed by atoms with Gasteiger partial charge in [-0.2, -0.15) is 5.10 Å². The van der Waals surface area contributed by atoms with Gasteiger partial charge < -0.3 is 20.1 Å². The number of rotatable bonds is 8.